The Morgan fingerprint density at radius 1 is 1.54 bits per heavy atom. The molecule has 0 saturated heterocycles. The van der Waals surface area contributed by atoms with Crippen molar-refractivity contribution >= 4 is 11.7 Å². The van der Waals surface area contributed by atoms with Crippen LogP contribution in [0.1, 0.15) is 19.2 Å². The minimum atomic E-state index is -0.618. The monoisotopic (exact) mass is 183 g/mol. The summed E-state index contributed by atoms with van der Waals surface area (Å²) in [6, 6.07) is 0. The number of aromatic amines is 1. The lowest BCUT2D eigenvalue weighted by atomic mass is 10.3. The van der Waals surface area contributed by atoms with E-state index in [1.807, 2.05) is 0 Å². The van der Waals surface area contributed by atoms with Gasteiger partial charge < -0.3 is 5.32 Å². The summed E-state index contributed by atoms with van der Waals surface area (Å²) in [6.45, 7) is 1.73. The van der Waals surface area contributed by atoms with E-state index in [0.717, 1.165) is 0 Å². The largest absolute Gasteiger partial charge is 0.342 e. The number of H-pyrrole nitrogens is 1. The summed E-state index contributed by atoms with van der Waals surface area (Å²) >= 11 is 0. The van der Waals surface area contributed by atoms with E-state index in [9.17, 15) is 9.59 Å². The van der Waals surface area contributed by atoms with Crippen LogP contribution in [0.5, 0.6) is 0 Å². The maximum Gasteiger partial charge on any atom is 0.287 e. The molecule has 7 heteroatoms. The molecule has 0 radical (unpaired) electrons. The Morgan fingerprint density at radius 2 is 2.31 bits per heavy atom. The van der Waals surface area contributed by atoms with Crippen LogP contribution in [0.2, 0.25) is 0 Å². The molecule has 1 heterocycles. The van der Waals surface area contributed by atoms with Crippen LogP contribution >= 0.6 is 0 Å². The Bertz CT molecular complexity index is 294. The fourth-order valence-corrected chi connectivity index (χ4v) is 0.676. The number of ketones is 1. The van der Waals surface area contributed by atoms with Crippen molar-refractivity contribution in [2.24, 2.45) is 0 Å². The zero-order valence-electron chi connectivity index (χ0n) is 7.07. The number of hydrogen-bond donors (Lipinski definition) is 2. The number of Topliss-reactive ketones (excluding diaryl/α,β-unsaturated/α-hetero) is 1. The Hall–Kier alpha value is -1.79. The fourth-order valence-electron chi connectivity index (χ4n) is 0.676. The van der Waals surface area contributed by atoms with Crippen molar-refractivity contribution in [1.82, 2.24) is 25.9 Å². The third kappa shape index (κ3) is 2.62. The average molecular weight is 183 g/mol. The highest BCUT2D eigenvalue weighted by Crippen LogP contribution is 1.84. The van der Waals surface area contributed by atoms with E-state index in [1.54, 1.807) is 6.92 Å². The van der Waals surface area contributed by atoms with Gasteiger partial charge in [0.25, 0.3) is 5.91 Å². The standard InChI is InChI=1S/C6H9N5O2/c1-2-4(12)6(13)7-3-5-8-10-11-9-5/h2-3H2,1H3,(H,7,13)(H,8,9,10,11). The number of amides is 1. The summed E-state index contributed by atoms with van der Waals surface area (Å²) in [5.41, 5.74) is 0. The van der Waals surface area contributed by atoms with E-state index < -0.39 is 11.7 Å². The van der Waals surface area contributed by atoms with Crippen molar-refractivity contribution in [3.8, 4) is 0 Å². The second-order valence-electron chi connectivity index (χ2n) is 2.29. The number of carbonyl (C=O) groups excluding carboxylic acids is 2. The lowest BCUT2D eigenvalue weighted by Gasteiger charge is -1.97. The summed E-state index contributed by atoms with van der Waals surface area (Å²) in [5, 5.41) is 15.1. The smallest absolute Gasteiger partial charge is 0.287 e. The highest BCUT2D eigenvalue weighted by atomic mass is 16.2. The molecule has 1 aromatic heterocycles. The molecule has 13 heavy (non-hydrogen) atoms. The van der Waals surface area contributed by atoms with Crippen LogP contribution in [0, 0.1) is 0 Å². The molecule has 7 nitrogen and oxygen atoms in total. The highest BCUT2D eigenvalue weighted by Gasteiger charge is 2.10. The molecule has 0 aliphatic carbocycles. The van der Waals surface area contributed by atoms with Gasteiger partial charge in [-0.2, -0.15) is 5.21 Å². The van der Waals surface area contributed by atoms with Crippen molar-refractivity contribution in [3.63, 3.8) is 0 Å². The van der Waals surface area contributed by atoms with Crippen molar-refractivity contribution < 1.29 is 9.59 Å². The number of rotatable bonds is 4. The molecule has 0 fully saturated rings. The molecular formula is C6H9N5O2. The summed E-state index contributed by atoms with van der Waals surface area (Å²) in [6.07, 6.45) is 0.193. The number of hydrogen-bond acceptors (Lipinski definition) is 5. The number of nitrogens with one attached hydrogen (secondary N) is 2. The molecule has 1 aromatic rings. The zero-order chi connectivity index (χ0) is 9.68. The van der Waals surface area contributed by atoms with Gasteiger partial charge in [-0.05, 0) is 0 Å². The first-order valence-electron chi connectivity index (χ1n) is 3.77. The Kier molecular flexibility index (Phi) is 3.07. The predicted molar refractivity (Wildman–Crippen MR) is 41.3 cm³/mol. The van der Waals surface area contributed by atoms with E-state index in [4.69, 9.17) is 0 Å². The normalized spacial score (nSPS) is 9.62. The number of tetrazole rings is 1. The van der Waals surface area contributed by atoms with E-state index >= 15 is 0 Å². The van der Waals surface area contributed by atoms with E-state index in [-0.39, 0.29) is 13.0 Å². The topological polar surface area (TPSA) is 101 Å². The molecule has 0 unspecified atom stereocenters. The lowest BCUT2D eigenvalue weighted by Crippen LogP contribution is -2.30. The Balaban J connectivity index is 2.35. The van der Waals surface area contributed by atoms with Gasteiger partial charge in [0.05, 0.1) is 6.54 Å². The fraction of sp³-hybridized carbons (Fsp3) is 0.500. The Labute approximate surface area is 73.9 Å². The van der Waals surface area contributed by atoms with Gasteiger partial charge in [-0.3, -0.25) is 9.59 Å². The van der Waals surface area contributed by atoms with Gasteiger partial charge in [0.1, 0.15) is 0 Å². The molecule has 0 aromatic carbocycles. The minimum Gasteiger partial charge on any atom is -0.342 e. The SMILES string of the molecule is CCC(=O)C(=O)NCc1nn[nH]n1. The minimum absolute atomic E-state index is 0.112. The van der Waals surface area contributed by atoms with Crippen molar-refractivity contribution in [2.45, 2.75) is 19.9 Å². The first-order chi connectivity index (χ1) is 6.24. The van der Waals surface area contributed by atoms with Gasteiger partial charge >= 0.3 is 0 Å². The summed E-state index contributed by atoms with van der Waals surface area (Å²) in [7, 11) is 0. The van der Waals surface area contributed by atoms with Gasteiger partial charge in [-0.1, -0.05) is 12.1 Å². The van der Waals surface area contributed by atoms with Crippen LogP contribution in [0.25, 0.3) is 0 Å². The highest BCUT2D eigenvalue weighted by molar-refractivity contribution is 6.35. The second-order valence-corrected chi connectivity index (χ2v) is 2.29. The summed E-state index contributed by atoms with van der Waals surface area (Å²) < 4.78 is 0. The maximum absolute atomic E-state index is 10.9. The first-order valence-corrected chi connectivity index (χ1v) is 3.77. The molecule has 2 N–H and O–H groups in total. The zero-order valence-corrected chi connectivity index (χ0v) is 7.07. The van der Waals surface area contributed by atoms with Crippen molar-refractivity contribution in [3.05, 3.63) is 5.82 Å². The summed E-state index contributed by atoms with van der Waals surface area (Å²) in [5.74, 6) is -0.729. The molecule has 1 rings (SSSR count). The molecule has 0 spiro atoms. The van der Waals surface area contributed by atoms with Gasteiger partial charge in [0, 0.05) is 6.42 Å². The van der Waals surface area contributed by atoms with E-state index in [2.05, 4.69) is 25.9 Å². The molecular weight excluding hydrogens is 174 g/mol. The van der Waals surface area contributed by atoms with Crippen LogP contribution in [0.4, 0.5) is 0 Å². The number of nitrogens with zero attached hydrogens (tertiary/aromatic N) is 3. The van der Waals surface area contributed by atoms with Crippen molar-refractivity contribution in [1.29, 1.82) is 0 Å². The van der Waals surface area contributed by atoms with Crippen LogP contribution in [-0.4, -0.2) is 32.3 Å². The van der Waals surface area contributed by atoms with Crippen LogP contribution < -0.4 is 5.32 Å². The molecule has 0 bridgehead atoms. The maximum atomic E-state index is 10.9. The lowest BCUT2D eigenvalue weighted by molar-refractivity contribution is -0.137. The molecule has 0 atom stereocenters. The Morgan fingerprint density at radius 3 is 2.85 bits per heavy atom. The van der Waals surface area contributed by atoms with Crippen LogP contribution in [0.15, 0.2) is 0 Å². The van der Waals surface area contributed by atoms with Crippen molar-refractivity contribution in [2.75, 3.05) is 0 Å². The summed E-state index contributed by atoms with van der Waals surface area (Å²) in [4.78, 5) is 21.7. The molecule has 0 aliphatic heterocycles. The van der Waals surface area contributed by atoms with E-state index in [0.29, 0.717) is 5.82 Å². The quantitative estimate of drug-likeness (QED) is 0.571. The predicted octanol–water partition coefficient (Wildman–Crippen LogP) is -1.20. The molecule has 0 aliphatic rings. The average Bonchev–Trinajstić information content (AvgIpc) is 2.65. The van der Waals surface area contributed by atoms with Gasteiger partial charge in [0.15, 0.2) is 5.82 Å². The van der Waals surface area contributed by atoms with E-state index in [1.165, 1.54) is 0 Å². The molecule has 0 saturated carbocycles. The van der Waals surface area contributed by atoms with Crippen LogP contribution in [-0.2, 0) is 16.1 Å². The number of carbonyl (C=O) groups is 2. The third-order valence-electron chi connectivity index (χ3n) is 1.37. The molecule has 70 valence electrons. The molecule has 1 amide bonds. The third-order valence-corrected chi connectivity index (χ3v) is 1.37. The van der Waals surface area contributed by atoms with Crippen LogP contribution in [0.3, 0.4) is 0 Å². The second kappa shape index (κ2) is 4.29. The first kappa shape index (κ1) is 9.30. The van der Waals surface area contributed by atoms with Gasteiger partial charge in [0.2, 0.25) is 5.78 Å². The van der Waals surface area contributed by atoms with Gasteiger partial charge in [-0.25, -0.2) is 0 Å². The number of aromatic nitrogens is 4. The van der Waals surface area contributed by atoms with Gasteiger partial charge in [-0.15, -0.1) is 10.2 Å².